The lowest BCUT2D eigenvalue weighted by Gasteiger charge is -1.99. The van der Waals surface area contributed by atoms with Crippen molar-refractivity contribution >= 4 is 12.6 Å². The van der Waals surface area contributed by atoms with E-state index in [4.69, 9.17) is 0 Å². The molecule has 3 nitrogen and oxygen atoms in total. The first-order chi connectivity index (χ1) is 4.83. The van der Waals surface area contributed by atoms with Crippen molar-refractivity contribution < 1.29 is 0 Å². The fraction of sp³-hybridized carbons (Fsp3) is 0.333. The third-order valence-corrected chi connectivity index (χ3v) is 1.52. The second kappa shape index (κ2) is 3.41. The zero-order chi connectivity index (χ0) is 7.40. The Morgan fingerprint density at radius 1 is 1.70 bits per heavy atom. The summed E-state index contributed by atoms with van der Waals surface area (Å²) in [6.07, 6.45) is 3.17. The van der Waals surface area contributed by atoms with Gasteiger partial charge in [-0.1, -0.05) is 6.58 Å². The molecule has 0 radical (unpaired) electrons. The van der Waals surface area contributed by atoms with E-state index in [0.29, 0.717) is 12.3 Å². The lowest BCUT2D eigenvalue weighted by molar-refractivity contribution is 0.678. The number of thiol groups is 1. The van der Waals surface area contributed by atoms with Gasteiger partial charge in [0.1, 0.15) is 12.7 Å². The van der Waals surface area contributed by atoms with Crippen LogP contribution in [0.2, 0.25) is 0 Å². The molecule has 0 bridgehead atoms. The maximum absolute atomic E-state index is 4.07. The molecule has 0 unspecified atom stereocenters. The summed E-state index contributed by atoms with van der Waals surface area (Å²) in [4.78, 5) is 3.80. The first-order valence-electron chi connectivity index (χ1n) is 2.93. The Labute approximate surface area is 65.2 Å². The van der Waals surface area contributed by atoms with Crippen molar-refractivity contribution in [1.82, 2.24) is 14.8 Å². The van der Waals surface area contributed by atoms with Crippen LogP contribution in [0.25, 0.3) is 0 Å². The Morgan fingerprint density at radius 2 is 2.50 bits per heavy atom. The van der Waals surface area contributed by atoms with Crippen LogP contribution in [-0.4, -0.2) is 20.5 Å². The van der Waals surface area contributed by atoms with Gasteiger partial charge >= 0.3 is 0 Å². The van der Waals surface area contributed by atoms with E-state index < -0.39 is 0 Å². The van der Waals surface area contributed by atoms with E-state index in [2.05, 4.69) is 29.3 Å². The van der Waals surface area contributed by atoms with Crippen molar-refractivity contribution in [1.29, 1.82) is 0 Å². The minimum Gasteiger partial charge on any atom is -0.249 e. The van der Waals surface area contributed by atoms with E-state index in [1.165, 1.54) is 6.33 Å². The van der Waals surface area contributed by atoms with Gasteiger partial charge in [-0.25, -0.2) is 9.67 Å². The molecule has 1 aromatic heterocycles. The summed E-state index contributed by atoms with van der Waals surface area (Å²) >= 11 is 4.07. The van der Waals surface area contributed by atoms with Crippen molar-refractivity contribution in [2.24, 2.45) is 0 Å². The Bertz CT molecular complexity index is 205. The molecule has 0 spiro atoms. The van der Waals surface area contributed by atoms with Crippen LogP contribution < -0.4 is 0 Å². The molecule has 1 rings (SSSR count). The maximum Gasteiger partial charge on any atom is 0.137 e. The summed E-state index contributed by atoms with van der Waals surface area (Å²) in [6, 6.07) is 0. The summed E-state index contributed by atoms with van der Waals surface area (Å²) in [6.45, 7) is 4.49. The maximum atomic E-state index is 4.07. The second-order valence-corrected chi connectivity index (χ2v) is 2.32. The molecule has 1 heterocycles. The molecule has 54 valence electrons. The Hall–Kier alpha value is -0.770. The number of aromatic nitrogens is 3. The van der Waals surface area contributed by atoms with E-state index in [-0.39, 0.29) is 0 Å². The minimum atomic E-state index is 0.694. The molecule has 0 aliphatic heterocycles. The highest BCUT2D eigenvalue weighted by atomic mass is 32.1. The molecule has 0 aliphatic carbocycles. The van der Waals surface area contributed by atoms with Crippen LogP contribution in [0.15, 0.2) is 24.8 Å². The number of rotatable bonds is 3. The van der Waals surface area contributed by atoms with Gasteiger partial charge in [0, 0.05) is 5.75 Å². The predicted molar refractivity (Wildman–Crippen MR) is 43.0 cm³/mol. The van der Waals surface area contributed by atoms with Gasteiger partial charge < -0.3 is 0 Å². The summed E-state index contributed by atoms with van der Waals surface area (Å²) < 4.78 is 1.72. The Balaban J connectivity index is 2.48. The lowest BCUT2D eigenvalue weighted by atomic mass is 10.3. The van der Waals surface area contributed by atoms with E-state index in [1.54, 1.807) is 11.0 Å². The number of hydrogen-bond donors (Lipinski definition) is 1. The van der Waals surface area contributed by atoms with Crippen LogP contribution in [0.4, 0.5) is 0 Å². The molecule has 0 saturated carbocycles. The largest absolute Gasteiger partial charge is 0.249 e. The molecule has 0 aromatic carbocycles. The van der Waals surface area contributed by atoms with E-state index in [1.807, 2.05) is 0 Å². The summed E-state index contributed by atoms with van der Waals surface area (Å²) in [7, 11) is 0. The molecule has 1 aromatic rings. The van der Waals surface area contributed by atoms with Crippen molar-refractivity contribution in [3.63, 3.8) is 0 Å². The van der Waals surface area contributed by atoms with Gasteiger partial charge in [0.15, 0.2) is 0 Å². The molecule has 0 N–H and O–H groups in total. The molecule has 4 heteroatoms. The number of hydrogen-bond acceptors (Lipinski definition) is 3. The number of nitrogens with zero attached hydrogens (tertiary/aromatic N) is 3. The monoisotopic (exact) mass is 155 g/mol. The minimum absolute atomic E-state index is 0.694. The van der Waals surface area contributed by atoms with E-state index in [0.717, 1.165) is 5.57 Å². The van der Waals surface area contributed by atoms with Crippen molar-refractivity contribution in [2.45, 2.75) is 6.54 Å². The van der Waals surface area contributed by atoms with Crippen molar-refractivity contribution in [2.75, 3.05) is 5.75 Å². The first-order valence-corrected chi connectivity index (χ1v) is 3.56. The van der Waals surface area contributed by atoms with Crippen LogP contribution in [0, 0.1) is 0 Å². The summed E-state index contributed by atoms with van der Waals surface area (Å²) in [5.74, 6) is 0.694. The Kier molecular flexibility index (Phi) is 2.50. The molecular weight excluding hydrogens is 146 g/mol. The smallest absolute Gasteiger partial charge is 0.137 e. The van der Waals surface area contributed by atoms with Gasteiger partial charge in [-0.15, -0.1) is 0 Å². The predicted octanol–water partition coefficient (Wildman–Crippen LogP) is 0.764. The highest BCUT2D eigenvalue weighted by molar-refractivity contribution is 7.80. The molecule has 0 saturated heterocycles. The van der Waals surface area contributed by atoms with Crippen LogP contribution in [0.5, 0.6) is 0 Å². The SMILES string of the molecule is C=C(CS)Cn1cncn1. The van der Waals surface area contributed by atoms with E-state index >= 15 is 0 Å². The van der Waals surface area contributed by atoms with E-state index in [9.17, 15) is 0 Å². The normalized spacial score (nSPS) is 9.70. The summed E-state index contributed by atoms with van der Waals surface area (Å²) in [5, 5.41) is 3.91. The van der Waals surface area contributed by atoms with Crippen LogP contribution in [-0.2, 0) is 6.54 Å². The third-order valence-electron chi connectivity index (χ3n) is 1.08. The second-order valence-electron chi connectivity index (χ2n) is 2.00. The molecule has 0 fully saturated rings. The van der Waals surface area contributed by atoms with Crippen molar-refractivity contribution in [3.05, 3.63) is 24.8 Å². The molecule has 0 atom stereocenters. The third kappa shape index (κ3) is 1.88. The van der Waals surface area contributed by atoms with Crippen LogP contribution in [0.3, 0.4) is 0 Å². The topological polar surface area (TPSA) is 30.7 Å². The van der Waals surface area contributed by atoms with Gasteiger partial charge in [-0.2, -0.15) is 17.7 Å². The van der Waals surface area contributed by atoms with Crippen molar-refractivity contribution in [3.8, 4) is 0 Å². The first kappa shape index (κ1) is 7.34. The average Bonchev–Trinajstić information content (AvgIpc) is 2.40. The fourth-order valence-corrected chi connectivity index (χ4v) is 0.693. The quantitative estimate of drug-likeness (QED) is 0.516. The van der Waals surface area contributed by atoms with Gasteiger partial charge in [0.2, 0.25) is 0 Å². The molecular formula is C6H9N3S. The van der Waals surface area contributed by atoms with Crippen LogP contribution >= 0.6 is 12.6 Å². The summed E-state index contributed by atoms with van der Waals surface area (Å²) in [5.41, 5.74) is 1.04. The van der Waals surface area contributed by atoms with Gasteiger partial charge in [0.25, 0.3) is 0 Å². The molecule has 0 amide bonds. The Morgan fingerprint density at radius 3 is 3.00 bits per heavy atom. The molecule has 0 aliphatic rings. The zero-order valence-corrected chi connectivity index (χ0v) is 6.46. The average molecular weight is 155 g/mol. The highest BCUT2D eigenvalue weighted by Crippen LogP contribution is 1.95. The van der Waals surface area contributed by atoms with Gasteiger partial charge in [-0.05, 0) is 5.57 Å². The van der Waals surface area contributed by atoms with Crippen LogP contribution in [0.1, 0.15) is 0 Å². The standard InChI is InChI=1S/C6H9N3S/c1-6(3-10)2-9-5-7-4-8-9/h4-5,10H,1-3H2. The van der Waals surface area contributed by atoms with Gasteiger partial charge in [-0.3, -0.25) is 0 Å². The fourth-order valence-electron chi connectivity index (χ4n) is 0.593. The zero-order valence-electron chi connectivity index (χ0n) is 5.56. The lowest BCUT2D eigenvalue weighted by Crippen LogP contribution is -2.01. The highest BCUT2D eigenvalue weighted by Gasteiger charge is 1.92. The van der Waals surface area contributed by atoms with Gasteiger partial charge in [0.05, 0.1) is 6.54 Å². The molecule has 10 heavy (non-hydrogen) atoms.